The molecule has 6 rings (SSSR count). The van der Waals surface area contributed by atoms with E-state index in [2.05, 4.69) is 40.9 Å². The molecule has 0 bridgehead atoms. The molecule has 2 fully saturated rings. The lowest BCUT2D eigenvalue weighted by atomic mass is 9.98. The highest BCUT2D eigenvalue weighted by Crippen LogP contribution is 2.41. The number of carbonyl (C=O) groups excluding carboxylic acids is 1. The third-order valence-corrected chi connectivity index (χ3v) is 8.67. The van der Waals surface area contributed by atoms with Crippen molar-refractivity contribution >= 4 is 16.7 Å². The number of nitrogens with one attached hydrogen (secondary N) is 1. The fraction of sp³-hybridized carbons (Fsp3) is 0.382. The van der Waals surface area contributed by atoms with E-state index in [1.165, 1.54) is 28.8 Å². The molecule has 1 amide bonds. The summed E-state index contributed by atoms with van der Waals surface area (Å²) in [6, 6.07) is 13.7. The van der Waals surface area contributed by atoms with Crippen LogP contribution in [0.15, 0.2) is 71.8 Å². The van der Waals surface area contributed by atoms with Crippen LogP contribution in [0, 0.1) is 17.6 Å². The lowest BCUT2D eigenvalue weighted by Crippen LogP contribution is -2.53. The molecule has 2 aromatic carbocycles. The molecule has 224 valence electrons. The van der Waals surface area contributed by atoms with Gasteiger partial charge in [-0.3, -0.25) is 28.9 Å². The van der Waals surface area contributed by atoms with Crippen molar-refractivity contribution < 1.29 is 13.6 Å². The molecule has 3 heterocycles. The minimum Gasteiger partial charge on any atom is -0.345 e. The van der Waals surface area contributed by atoms with Crippen LogP contribution >= 0.6 is 0 Å². The van der Waals surface area contributed by atoms with Crippen molar-refractivity contribution in [3.8, 4) is 5.69 Å². The zero-order chi connectivity index (χ0) is 30.3. The Morgan fingerprint density at radius 1 is 1.02 bits per heavy atom. The van der Waals surface area contributed by atoms with E-state index < -0.39 is 23.3 Å². The molecule has 0 unspecified atom stereocenters. The van der Waals surface area contributed by atoms with Gasteiger partial charge in [0.1, 0.15) is 11.6 Å². The molecular formula is C34H37F2N5O2. The van der Waals surface area contributed by atoms with Gasteiger partial charge < -0.3 is 5.32 Å². The molecular weight excluding hydrogens is 548 g/mol. The van der Waals surface area contributed by atoms with Crippen LogP contribution in [-0.2, 0) is 6.54 Å². The summed E-state index contributed by atoms with van der Waals surface area (Å²) in [5, 5.41) is 3.28. The molecule has 1 aliphatic heterocycles. The van der Waals surface area contributed by atoms with E-state index in [1.54, 1.807) is 36.7 Å². The van der Waals surface area contributed by atoms with Gasteiger partial charge in [0.2, 0.25) is 0 Å². The third-order valence-electron chi connectivity index (χ3n) is 8.67. The van der Waals surface area contributed by atoms with Crippen molar-refractivity contribution in [2.75, 3.05) is 26.2 Å². The lowest BCUT2D eigenvalue weighted by Gasteiger charge is -2.42. The quantitative estimate of drug-likeness (QED) is 0.312. The van der Waals surface area contributed by atoms with Crippen LogP contribution in [0.25, 0.3) is 16.5 Å². The second-order valence-electron chi connectivity index (χ2n) is 12.6. The first-order valence-electron chi connectivity index (χ1n) is 14.9. The maximum Gasteiger partial charge on any atom is 0.266 e. The first-order valence-corrected chi connectivity index (χ1v) is 14.9. The number of piperazine rings is 1. The molecule has 2 aromatic heterocycles. The highest BCUT2D eigenvalue weighted by atomic mass is 19.1. The van der Waals surface area contributed by atoms with Gasteiger partial charge in [-0.1, -0.05) is 24.3 Å². The van der Waals surface area contributed by atoms with Gasteiger partial charge in [-0.25, -0.2) is 8.78 Å². The molecule has 9 heteroatoms. The number of hydrogen-bond donors (Lipinski definition) is 1. The summed E-state index contributed by atoms with van der Waals surface area (Å²) < 4.78 is 31.1. The fourth-order valence-electron chi connectivity index (χ4n) is 6.22. The van der Waals surface area contributed by atoms with E-state index in [0.29, 0.717) is 23.5 Å². The molecule has 1 N–H and O–H groups in total. The maximum absolute atomic E-state index is 15.4. The summed E-state index contributed by atoms with van der Waals surface area (Å²) >= 11 is 0. The minimum absolute atomic E-state index is 0.0319. The number of carbonyl (C=O) groups is 1. The summed E-state index contributed by atoms with van der Waals surface area (Å²) in [7, 11) is 0. The Morgan fingerprint density at radius 2 is 1.77 bits per heavy atom. The normalized spacial score (nSPS) is 17.2. The van der Waals surface area contributed by atoms with Crippen LogP contribution in [0.2, 0.25) is 0 Å². The van der Waals surface area contributed by atoms with E-state index >= 15 is 4.39 Å². The van der Waals surface area contributed by atoms with E-state index in [9.17, 15) is 14.0 Å². The minimum atomic E-state index is -0.691. The second-order valence-corrected chi connectivity index (χ2v) is 12.6. The predicted molar refractivity (Wildman–Crippen MR) is 163 cm³/mol. The number of pyridine rings is 2. The maximum atomic E-state index is 15.4. The van der Waals surface area contributed by atoms with Gasteiger partial charge >= 0.3 is 0 Å². The van der Waals surface area contributed by atoms with Crippen molar-refractivity contribution in [1.82, 2.24) is 24.7 Å². The Balaban J connectivity index is 1.50. The van der Waals surface area contributed by atoms with Crippen LogP contribution < -0.4 is 10.9 Å². The van der Waals surface area contributed by atoms with Crippen LogP contribution in [0.1, 0.15) is 61.3 Å². The van der Waals surface area contributed by atoms with E-state index in [-0.39, 0.29) is 33.6 Å². The number of halogens is 2. The van der Waals surface area contributed by atoms with Gasteiger partial charge in [-0.2, -0.15) is 0 Å². The SMILES string of the molecule is CC(C)(C)N1CCN(Cc2c(C(=O)N[C@H](c3cccc(F)c3)C3CC3)c3cccc(F)c3c(=O)n2-c2cccnc2)CC1. The highest BCUT2D eigenvalue weighted by molar-refractivity contribution is 6.08. The summed E-state index contributed by atoms with van der Waals surface area (Å²) in [6.45, 7) is 10.1. The average molecular weight is 586 g/mol. The second kappa shape index (κ2) is 11.6. The highest BCUT2D eigenvalue weighted by Gasteiger charge is 2.36. The van der Waals surface area contributed by atoms with Crippen molar-refractivity contribution in [2.24, 2.45) is 5.92 Å². The molecule has 0 spiro atoms. The number of rotatable bonds is 7. The van der Waals surface area contributed by atoms with Gasteiger partial charge in [-0.05, 0) is 75.4 Å². The zero-order valence-corrected chi connectivity index (χ0v) is 24.8. The molecule has 1 atom stereocenters. The predicted octanol–water partition coefficient (Wildman–Crippen LogP) is 5.46. The Kier molecular flexibility index (Phi) is 7.87. The molecule has 2 aliphatic rings. The first-order chi connectivity index (χ1) is 20.6. The summed E-state index contributed by atoms with van der Waals surface area (Å²) in [6.07, 6.45) is 4.98. The number of benzene rings is 2. The van der Waals surface area contributed by atoms with Crippen LogP contribution in [-0.4, -0.2) is 57.0 Å². The summed E-state index contributed by atoms with van der Waals surface area (Å²) in [5.74, 6) is -1.31. The Labute approximate surface area is 250 Å². The van der Waals surface area contributed by atoms with E-state index in [0.717, 1.165) is 39.0 Å². The van der Waals surface area contributed by atoms with Gasteiger partial charge in [0.05, 0.1) is 34.6 Å². The average Bonchev–Trinajstić information content (AvgIpc) is 3.82. The largest absolute Gasteiger partial charge is 0.345 e. The van der Waals surface area contributed by atoms with Gasteiger partial charge in [0.25, 0.3) is 11.5 Å². The zero-order valence-electron chi connectivity index (χ0n) is 24.8. The molecule has 1 saturated carbocycles. The van der Waals surface area contributed by atoms with Crippen molar-refractivity contribution in [3.05, 3.63) is 106 Å². The number of fused-ring (bicyclic) bond motifs is 1. The number of aromatic nitrogens is 2. The molecule has 0 radical (unpaired) electrons. The van der Waals surface area contributed by atoms with E-state index in [4.69, 9.17) is 0 Å². The Morgan fingerprint density at radius 3 is 2.42 bits per heavy atom. The summed E-state index contributed by atoms with van der Waals surface area (Å²) in [4.78, 5) is 37.4. The first kappa shape index (κ1) is 29.1. The van der Waals surface area contributed by atoms with Crippen LogP contribution in [0.4, 0.5) is 8.78 Å². The Bertz CT molecular complexity index is 1700. The van der Waals surface area contributed by atoms with Gasteiger partial charge in [-0.15, -0.1) is 0 Å². The molecule has 43 heavy (non-hydrogen) atoms. The van der Waals surface area contributed by atoms with E-state index in [1.807, 2.05) is 6.07 Å². The number of amides is 1. The third kappa shape index (κ3) is 5.96. The molecule has 1 saturated heterocycles. The van der Waals surface area contributed by atoms with Crippen molar-refractivity contribution in [1.29, 1.82) is 0 Å². The topological polar surface area (TPSA) is 70.5 Å². The van der Waals surface area contributed by atoms with Crippen molar-refractivity contribution in [3.63, 3.8) is 0 Å². The van der Waals surface area contributed by atoms with Crippen LogP contribution in [0.3, 0.4) is 0 Å². The smallest absolute Gasteiger partial charge is 0.266 e. The number of hydrogen-bond acceptors (Lipinski definition) is 5. The molecule has 4 aromatic rings. The van der Waals surface area contributed by atoms with Gasteiger partial charge in [0, 0.05) is 49.8 Å². The van der Waals surface area contributed by atoms with Gasteiger partial charge in [0.15, 0.2) is 0 Å². The Hall–Kier alpha value is -3.95. The van der Waals surface area contributed by atoms with Crippen molar-refractivity contribution in [2.45, 2.75) is 51.7 Å². The summed E-state index contributed by atoms with van der Waals surface area (Å²) in [5.41, 5.74) is 1.37. The molecule has 1 aliphatic carbocycles. The standard InChI is InChI=1S/C34H37F2N5O2/c1-34(2,3)40-17-15-39(16-18-40)21-28-30(32(42)38-31(22-12-13-22)23-7-4-8-24(35)19-23)26-10-5-11-27(36)29(26)33(43)41(28)25-9-6-14-37-20-25/h4-11,14,19-20,22,31H,12-13,15-18,21H2,1-3H3,(H,38,42)/t31-/m0/s1. The van der Waals surface area contributed by atoms with Crippen LogP contribution in [0.5, 0.6) is 0 Å². The lowest BCUT2D eigenvalue weighted by molar-refractivity contribution is 0.0581. The number of nitrogens with zero attached hydrogens (tertiary/aromatic N) is 4. The fourth-order valence-corrected chi connectivity index (χ4v) is 6.22. The molecule has 7 nitrogen and oxygen atoms in total. The monoisotopic (exact) mass is 585 g/mol.